The summed E-state index contributed by atoms with van der Waals surface area (Å²) < 4.78 is 39.3. The van der Waals surface area contributed by atoms with Gasteiger partial charge in [-0.05, 0) is 25.3 Å². The molecule has 0 fully saturated rings. The first-order valence-corrected chi connectivity index (χ1v) is 6.53. The van der Waals surface area contributed by atoms with E-state index in [1.165, 1.54) is 18.2 Å². The average molecular weight is 294 g/mol. The highest BCUT2D eigenvalue weighted by molar-refractivity contribution is 5.64. The van der Waals surface area contributed by atoms with Gasteiger partial charge in [-0.25, -0.2) is 15.8 Å². The van der Waals surface area contributed by atoms with Crippen LogP contribution in [0.5, 0.6) is 0 Å². The molecule has 3 rings (SSSR count). The second-order valence-corrected chi connectivity index (χ2v) is 4.86. The maximum Gasteiger partial charge on any atom is 0.417 e. The molecule has 2 aromatic rings. The molecule has 0 unspecified atom stereocenters. The Labute approximate surface area is 119 Å². The van der Waals surface area contributed by atoms with Crippen molar-refractivity contribution in [2.24, 2.45) is 5.84 Å². The Bertz CT molecular complexity index is 682. The van der Waals surface area contributed by atoms with Crippen LogP contribution in [-0.2, 0) is 19.0 Å². The first-order valence-electron chi connectivity index (χ1n) is 6.53. The number of nitrogens with one attached hydrogen (secondary N) is 1. The van der Waals surface area contributed by atoms with Gasteiger partial charge in [-0.3, -0.25) is 0 Å². The number of nitrogen functional groups attached to an aromatic ring is 1. The van der Waals surface area contributed by atoms with E-state index in [9.17, 15) is 13.2 Å². The van der Waals surface area contributed by atoms with Crippen molar-refractivity contribution in [2.75, 3.05) is 5.43 Å². The zero-order valence-electron chi connectivity index (χ0n) is 11.0. The van der Waals surface area contributed by atoms with Crippen LogP contribution >= 0.6 is 0 Å². The summed E-state index contributed by atoms with van der Waals surface area (Å²) in [6, 6.07) is 5.29. The fourth-order valence-corrected chi connectivity index (χ4v) is 2.60. The monoisotopic (exact) mass is 294 g/mol. The lowest BCUT2D eigenvalue weighted by molar-refractivity contribution is -0.137. The van der Waals surface area contributed by atoms with Crippen molar-refractivity contribution in [3.05, 3.63) is 41.1 Å². The third-order valence-electron chi connectivity index (χ3n) is 3.54. The number of benzene rings is 1. The summed E-state index contributed by atoms with van der Waals surface area (Å²) in [4.78, 5) is 8.46. The molecule has 1 aliphatic carbocycles. The third-order valence-corrected chi connectivity index (χ3v) is 3.54. The lowest BCUT2D eigenvalue weighted by Gasteiger charge is -2.14. The van der Waals surface area contributed by atoms with Crippen LogP contribution in [0, 0.1) is 0 Å². The highest BCUT2D eigenvalue weighted by atomic mass is 19.4. The number of hydrazine groups is 1. The van der Waals surface area contributed by atoms with Gasteiger partial charge in [0.1, 0.15) is 5.82 Å². The molecule has 0 atom stereocenters. The number of nitrogens with two attached hydrogens (primary N) is 1. The molecule has 0 radical (unpaired) electrons. The van der Waals surface area contributed by atoms with Gasteiger partial charge in [0.2, 0.25) is 0 Å². The van der Waals surface area contributed by atoms with Crippen molar-refractivity contribution in [1.82, 2.24) is 9.97 Å². The normalized spacial score (nSPS) is 14.1. The molecule has 1 aromatic carbocycles. The van der Waals surface area contributed by atoms with Gasteiger partial charge in [0.05, 0.1) is 5.56 Å². The second kappa shape index (κ2) is 5.00. The lowest BCUT2D eigenvalue weighted by atomic mass is 10.1. The van der Waals surface area contributed by atoms with E-state index in [1.54, 1.807) is 0 Å². The van der Waals surface area contributed by atoms with E-state index >= 15 is 0 Å². The minimum absolute atomic E-state index is 0.0313. The molecule has 110 valence electrons. The number of halogens is 3. The smallest absolute Gasteiger partial charge is 0.308 e. The van der Waals surface area contributed by atoms with Gasteiger partial charge in [-0.15, -0.1) is 0 Å². The van der Waals surface area contributed by atoms with E-state index in [0.29, 0.717) is 5.82 Å². The Morgan fingerprint density at radius 2 is 1.86 bits per heavy atom. The molecule has 0 bridgehead atoms. The summed E-state index contributed by atoms with van der Waals surface area (Å²) in [6.45, 7) is 0. The Morgan fingerprint density at radius 3 is 2.57 bits per heavy atom. The molecule has 0 saturated carbocycles. The Kier molecular flexibility index (Phi) is 3.29. The largest absolute Gasteiger partial charge is 0.417 e. The molecule has 0 spiro atoms. The predicted octanol–water partition coefficient (Wildman–Crippen LogP) is 2.94. The van der Waals surface area contributed by atoms with Gasteiger partial charge in [-0.2, -0.15) is 13.2 Å². The van der Waals surface area contributed by atoms with E-state index in [2.05, 4.69) is 15.4 Å². The molecule has 1 aliphatic rings. The van der Waals surface area contributed by atoms with E-state index in [-0.39, 0.29) is 11.4 Å². The second-order valence-electron chi connectivity index (χ2n) is 4.86. The average Bonchev–Trinajstić information content (AvgIpc) is 2.93. The summed E-state index contributed by atoms with van der Waals surface area (Å²) in [5, 5.41) is 0. The van der Waals surface area contributed by atoms with E-state index in [4.69, 9.17) is 5.84 Å². The molecule has 3 N–H and O–H groups in total. The summed E-state index contributed by atoms with van der Waals surface area (Å²) >= 11 is 0. The van der Waals surface area contributed by atoms with Crippen molar-refractivity contribution < 1.29 is 13.2 Å². The van der Waals surface area contributed by atoms with E-state index in [0.717, 1.165) is 36.6 Å². The Balaban J connectivity index is 2.18. The van der Waals surface area contributed by atoms with E-state index < -0.39 is 11.7 Å². The van der Waals surface area contributed by atoms with Gasteiger partial charge < -0.3 is 5.43 Å². The zero-order valence-corrected chi connectivity index (χ0v) is 11.0. The maximum absolute atomic E-state index is 13.1. The van der Waals surface area contributed by atoms with Crippen molar-refractivity contribution >= 4 is 5.82 Å². The molecular formula is C14H13F3N4. The molecular weight excluding hydrogens is 281 g/mol. The highest BCUT2D eigenvalue weighted by Gasteiger charge is 2.34. The maximum atomic E-state index is 13.1. The molecule has 21 heavy (non-hydrogen) atoms. The molecule has 0 saturated heterocycles. The van der Waals surface area contributed by atoms with Crippen LogP contribution in [0.4, 0.5) is 19.0 Å². The highest BCUT2D eigenvalue weighted by Crippen LogP contribution is 2.37. The first-order chi connectivity index (χ1) is 10.0. The molecule has 1 heterocycles. The lowest BCUT2D eigenvalue weighted by Crippen LogP contribution is -2.14. The summed E-state index contributed by atoms with van der Waals surface area (Å²) in [5.74, 6) is 5.89. The van der Waals surface area contributed by atoms with Crippen molar-refractivity contribution in [3.63, 3.8) is 0 Å². The van der Waals surface area contributed by atoms with Crippen molar-refractivity contribution in [1.29, 1.82) is 0 Å². The molecule has 7 heteroatoms. The number of alkyl halides is 3. The third kappa shape index (κ3) is 2.44. The summed E-state index contributed by atoms with van der Waals surface area (Å²) in [6.07, 6.45) is -2.03. The number of fused-ring (bicyclic) bond motifs is 1. The minimum Gasteiger partial charge on any atom is -0.308 e. The number of nitrogens with zero attached hydrogens (tertiary/aromatic N) is 2. The molecule has 0 aliphatic heterocycles. The van der Waals surface area contributed by atoms with Gasteiger partial charge in [0, 0.05) is 16.8 Å². The van der Waals surface area contributed by atoms with E-state index in [1.807, 2.05) is 0 Å². The number of hydrogen-bond donors (Lipinski definition) is 2. The Morgan fingerprint density at radius 1 is 1.10 bits per heavy atom. The fourth-order valence-electron chi connectivity index (χ4n) is 2.60. The minimum atomic E-state index is -4.45. The van der Waals surface area contributed by atoms with Crippen LogP contribution in [0.25, 0.3) is 11.4 Å². The van der Waals surface area contributed by atoms with Crippen LogP contribution in [0.3, 0.4) is 0 Å². The van der Waals surface area contributed by atoms with Crippen LogP contribution in [-0.4, -0.2) is 9.97 Å². The SMILES string of the molecule is NNc1nc(-c2ccccc2C(F)(F)F)nc2c1CCC2. The van der Waals surface area contributed by atoms with Gasteiger partial charge in [-0.1, -0.05) is 18.2 Å². The van der Waals surface area contributed by atoms with Crippen LogP contribution in [0.1, 0.15) is 23.2 Å². The van der Waals surface area contributed by atoms with Crippen LogP contribution in [0.15, 0.2) is 24.3 Å². The molecule has 0 amide bonds. The zero-order chi connectivity index (χ0) is 15.0. The standard InChI is InChI=1S/C14H13F3N4/c15-14(16,17)10-6-2-1-4-8(10)12-19-11-7-3-5-9(11)13(20-12)21-18/h1-2,4,6H,3,5,7,18H2,(H,19,20,21). The summed E-state index contributed by atoms with van der Waals surface area (Å²) in [5.41, 5.74) is 3.35. The number of hydrogen-bond acceptors (Lipinski definition) is 4. The number of anilines is 1. The van der Waals surface area contributed by atoms with Crippen LogP contribution in [0.2, 0.25) is 0 Å². The van der Waals surface area contributed by atoms with Gasteiger partial charge >= 0.3 is 6.18 Å². The number of aryl methyl sites for hydroxylation is 1. The van der Waals surface area contributed by atoms with Crippen molar-refractivity contribution in [3.8, 4) is 11.4 Å². The van der Waals surface area contributed by atoms with Crippen molar-refractivity contribution in [2.45, 2.75) is 25.4 Å². The van der Waals surface area contributed by atoms with Gasteiger partial charge in [0.15, 0.2) is 5.82 Å². The summed E-state index contributed by atoms with van der Waals surface area (Å²) in [7, 11) is 0. The van der Waals surface area contributed by atoms with Crippen LogP contribution < -0.4 is 11.3 Å². The fraction of sp³-hybridized carbons (Fsp3) is 0.286. The predicted molar refractivity (Wildman–Crippen MR) is 72.3 cm³/mol. The number of rotatable bonds is 2. The topological polar surface area (TPSA) is 63.8 Å². The first kappa shape index (κ1) is 13.8. The molecule has 1 aromatic heterocycles. The molecule has 4 nitrogen and oxygen atoms in total. The number of aromatic nitrogens is 2. The Hall–Kier alpha value is -2.15. The van der Waals surface area contributed by atoms with Gasteiger partial charge in [0.25, 0.3) is 0 Å². The quantitative estimate of drug-likeness (QED) is 0.660.